The summed E-state index contributed by atoms with van der Waals surface area (Å²) in [5.41, 5.74) is 8.87. The normalized spacial score (nSPS) is 17.4. The van der Waals surface area contributed by atoms with Crippen molar-refractivity contribution in [3.05, 3.63) is 29.8 Å². The van der Waals surface area contributed by atoms with Crippen LogP contribution in [0.3, 0.4) is 0 Å². The third-order valence-electron chi connectivity index (χ3n) is 4.16. The molecule has 0 spiro atoms. The molecule has 0 aliphatic carbocycles. The highest BCUT2D eigenvalue weighted by Gasteiger charge is 2.19. The first kappa shape index (κ1) is 13.4. The quantitative estimate of drug-likeness (QED) is 0.884. The topological polar surface area (TPSA) is 29.3 Å². The first-order valence-electron chi connectivity index (χ1n) is 7.25. The zero-order valence-corrected chi connectivity index (χ0v) is 11.7. The minimum atomic E-state index is 0.594. The number of benzene rings is 1. The van der Waals surface area contributed by atoms with Crippen molar-refractivity contribution in [3.8, 4) is 0 Å². The van der Waals surface area contributed by atoms with Gasteiger partial charge in [-0.25, -0.2) is 0 Å². The number of fused-ring (bicyclic) bond motifs is 1. The lowest BCUT2D eigenvalue weighted by Gasteiger charge is -2.31. The van der Waals surface area contributed by atoms with E-state index < -0.39 is 0 Å². The second kappa shape index (κ2) is 6.24. The van der Waals surface area contributed by atoms with Gasteiger partial charge in [-0.2, -0.15) is 0 Å². The minimum absolute atomic E-state index is 0.594. The van der Waals surface area contributed by atoms with Crippen LogP contribution in [-0.4, -0.2) is 19.6 Å². The fourth-order valence-electron chi connectivity index (χ4n) is 2.80. The van der Waals surface area contributed by atoms with Crippen LogP contribution >= 0.6 is 0 Å². The number of hydrogen-bond donors (Lipinski definition) is 1. The average Bonchev–Trinajstić information content (AvgIpc) is 2.58. The van der Waals surface area contributed by atoms with Gasteiger partial charge in [0.2, 0.25) is 0 Å². The van der Waals surface area contributed by atoms with Crippen molar-refractivity contribution in [2.75, 3.05) is 24.5 Å². The Bertz CT molecular complexity index is 373. The largest absolute Gasteiger partial charge is 0.371 e. The number of nitrogens with two attached hydrogens (primary N) is 1. The summed E-state index contributed by atoms with van der Waals surface area (Å²) in [5, 5.41) is 0. The summed E-state index contributed by atoms with van der Waals surface area (Å²) in [6.45, 7) is 7.63. The molecule has 2 nitrogen and oxygen atoms in total. The molecule has 1 aliphatic rings. The zero-order valence-electron chi connectivity index (χ0n) is 11.7. The van der Waals surface area contributed by atoms with Gasteiger partial charge >= 0.3 is 0 Å². The number of rotatable bonds is 4. The van der Waals surface area contributed by atoms with Crippen LogP contribution in [0, 0.1) is 11.8 Å². The molecule has 0 radical (unpaired) electrons. The smallest absolute Gasteiger partial charge is 0.0398 e. The van der Waals surface area contributed by atoms with Crippen LogP contribution in [0.25, 0.3) is 0 Å². The fraction of sp³-hybridized carbons (Fsp3) is 0.625. The SMILES string of the molecule is CC(C)C(CN)CN1CCCCc2ccccc21. The molecule has 1 atom stereocenters. The Balaban J connectivity index is 2.17. The van der Waals surface area contributed by atoms with E-state index in [9.17, 15) is 0 Å². The lowest BCUT2D eigenvalue weighted by molar-refractivity contribution is 0.391. The van der Waals surface area contributed by atoms with Gasteiger partial charge in [-0.1, -0.05) is 32.0 Å². The van der Waals surface area contributed by atoms with Gasteiger partial charge in [0, 0.05) is 18.8 Å². The predicted molar refractivity (Wildman–Crippen MR) is 79.0 cm³/mol. The summed E-state index contributed by atoms with van der Waals surface area (Å²) >= 11 is 0. The summed E-state index contributed by atoms with van der Waals surface area (Å²) in [7, 11) is 0. The maximum Gasteiger partial charge on any atom is 0.0398 e. The maximum absolute atomic E-state index is 5.92. The number of anilines is 1. The van der Waals surface area contributed by atoms with Crippen LogP contribution in [0.15, 0.2) is 24.3 Å². The highest BCUT2D eigenvalue weighted by Crippen LogP contribution is 2.27. The van der Waals surface area contributed by atoms with Crippen LogP contribution in [0.4, 0.5) is 5.69 Å². The van der Waals surface area contributed by atoms with E-state index in [-0.39, 0.29) is 0 Å². The Kier molecular flexibility index (Phi) is 4.65. The molecular formula is C16H26N2. The summed E-state index contributed by atoms with van der Waals surface area (Å²) < 4.78 is 0. The highest BCUT2D eigenvalue weighted by atomic mass is 15.1. The lowest BCUT2D eigenvalue weighted by atomic mass is 9.95. The van der Waals surface area contributed by atoms with Gasteiger partial charge in [0.05, 0.1) is 0 Å². The second-order valence-electron chi connectivity index (χ2n) is 5.77. The van der Waals surface area contributed by atoms with Crippen molar-refractivity contribution >= 4 is 5.69 Å². The van der Waals surface area contributed by atoms with E-state index in [4.69, 9.17) is 5.73 Å². The van der Waals surface area contributed by atoms with Crippen molar-refractivity contribution in [3.63, 3.8) is 0 Å². The molecule has 0 bridgehead atoms. The van der Waals surface area contributed by atoms with E-state index in [0.29, 0.717) is 11.8 Å². The molecule has 1 aliphatic heterocycles. The predicted octanol–water partition coefficient (Wildman–Crippen LogP) is 3.06. The Labute approximate surface area is 111 Å². The lowest BCUT2D eigenvalue weighted by Crippen LogP contribution is -2.36. The molecule has 0 saturated carbocycles. The summed E-state index contributed by atoms with van der Waals surface area (Å²) in [6.07, 6.45) is 3.83. The molecule has 1 unspecified atom stereocenters. The molecule has 0 aromatic heterocycles. The van der Waals surface area contributed by atoms with Crippen molar-refractivity contribution in [2.24, 2.45) is 17.6 Å². The second-order valence-corrected chi connectivity index (χ2v) is 5.77. The Morgan fingerprint density at radius 2 is 2.00 bits per heavy atom. The Morgan fingerprint density at radius 3 is 2.72 bits per heavy atom. The molecule has 100 valence electrons. The molecule has 0 fully saturated rings. The number of nitrogens with zero attached hydrogens (tertiary/aromatic N) is 1. The van der Waals surface area contributed by atoms with Gasteiger partial charge in [0.1, 0.15) is 0 Å². The third-order valence-corrected chi connectivity index (χ3v) is 4.16. The van der Waals surface area contributed by atoms with E-state index in [2.05, 4.69) is 43.0 Å². The number of aryl methyl sites for hydroxylation is 1. The summed E-state index contributed by atoms with van der Waals surface area (Å²) in [4.78, 5) is 2.56. The van der Waals surface area contributed by atoms with Crippen LogP contribution in [0.1, 0.15) is 32.3 Å². The molecular weight excluding hydrogens is 220 g/mol. The molecule has 2 heteroatoms. The van der Waals surface area contributed by atoms with Gasteiger partial charge in [-0.3, -0.25) is 0 Å². The van der Waals surface area contributed by atoms with E-state index in [1.165, 1.54) is 37.1 Å². The number of para-hydroxylation sites is 1. The fourth-order valence-corrected chi connectivity index (χ4v) is 2.80. The Hall–Kier alpha value is -1.02. The van der Waals surface area contributed by atoms with Gasteiger partial charge in [0.15, 0.2) is 0 Å². The summed E-state index contributed by atoms with van der Waals surface area (Å²) in [5.74, 6) is 1.25. The van der Waals surface area contributed by atoms with Crippen LogP contribution < -0.4 is 10.6 Å². The maximum atomic E-state index is 5.92. The first-order chi connectivity index (χ1) is 8.72. The molecule has 0 amide bonds. The van der Waals surface area contributed by atoms with E-state index in [1.807, 2.05) is 0 Å². The number of hydrogen-bond acceptors (Lipinski definition) is 2. The average molecular weight is 246 g/mol. The van der Waals surface area contributed by atoms with E-state index in [1.54, 1.807) is 0 Å². The standard InChI is InChI=1S/C16H26N2/c1-13(2)15(11-17)12-18-10-6-5-8-14-7-3-4-9-16(14)18/h3-4,7,9,13,15H,5-6,8,10-12,17H2,1-2H3. The van der Waals surface area contributed by atoms with Gasteiger partial charge in [-0.15, -0.1) is 0 Å². The van der Waals surface area contributed by atoms with Gasteiger partial charge < -0.3 is 10.6 Å². The van der Waals surface area contributed by atoms with Crippen molar-refractivity contribution in [1.29, 1.82) is 0 Å². The highest BCUT2D eigenvalue weighted by molar-refractivity contribution is 5.54. The molecule has 2 N–H and O–H groups in total. The molecule has 1 aromatic rings. The molecule has 1 heterocycles. The van der Waals surface area contributed by atoms with Crippen LogP contribution in [0.2, 0.25) is 0 Å². The van der Waals surface area contributed by atoms with Gasteiger partial charge in [0.25, 0.3) is 0 Å². The molecule has 1 aromatic carbocycles. The molecule has 0 saturated heterocycles. The monoisotopic (exact) mass is 246 g/mol. The minimum Gasteiger partial charge on any atom is -0.371 e. The van der Waals surface area contributed by atoms with E-state index in [0.717, 1.165) is 13.1 Å². The van der Waals surface area contributed by atoms with Crippen LogP contribution in [0.5, 0.6) is 0 Å². The Morgan fingerprint density at radius 1 is 1.22 bits per heavy atom. The van der Waals surface area contributed by atoms with E-state index >= 15 is 0 Å². The third kappa shape index (κ3) is 3.05. The molecule has 2 rings (SSSR count). The zero-order chi connectivity index (χ0) is 13.0. The summed E-state index contributed by atoms with van der Waals surface area (Å²) in [6, 6.07) is 8.87. The van der Waals surface area contributed by atoms with Crippen molar-refractivity contribution in [2.45, 2.75) is 33.1 Å². The first-order valence-corrected chi connectivity index (χ1v) is 7.25. The van der Waals surface area contributed by atoms with Crippen LogP contribution in [-0.2, 0) is 6.42 Å². The molecule has 18 heavy (non-hydrogen) atoms. The van der Waals surface area contributed by atoms with Crippen molar-refractivity contribution < 1.29 is 0 Å². The van der Waals surface area contributed by atoms with Gasteiger partial charge in [-0.05, 0) is 49.3 Å². The van der Waals surface area contributed by atoms with Crippen molar-refractivity contribution in [1.82, 2.24) is 0 Å².